The fourth-order valence-corrected chi connectivity index (χ4v) is 0.214. The Morgan fingerprint density at radius 1 is 1.44 bits per heavy atom. The molecule has 0 saturated heterocycles. The van der Waals surface area contributed by atoms with Crippen LogP contribution in [0.1, 0.15) is 26.7 Å². The van der Waals surface area contributed by atoms with Gasteiger partial charge >= 0.3 is 5.97 Å². The Morgan fingerprint density at radius 3 is 1.78 bits per heavy atom. The van der Waals surface area contributed by atoms with Crippen LogP contribution >= 0.6 is 0 Å². The van der Waals surface area contributed by atoms with Gasteiger partial charge in [-0.2, -0.15) is 0 Å². The Morgan fingerprint density at radius 2 is 1.78 bits per heavy atom. The first-order valence-corrected chi connectivity index (χ1v) is 3.01. The van der Waals surface area contributed by atoms with Crippen molar-refractivity contribution >= 4 is 5.97 Å². The first kappa shape index (κ1) is 11.3. The summed E-state index contributed by atoms with van der Waals surface area (Å²) in [6, 6.07) is 0. The van der Waals surface area contributed by atoms with Crippen LogP contribution in [-0.2, 0) is 4.79 Å². The van der Waals surface area contributed by atoms with Crippen molar-refractivity contribution in [2.24, 2.45) is 0 Å². The van der Waals surface area contributed by atoms with Crippen molar-refractivity contribution in [3.8, 4) is 0 Å². The SMILES string of the molecule is CCCC(=O)O.CCO. The Kier molecular flexibility index (Phi) is 13.0. The van der Waals surface area contributed by atoms with Gasteiger partial charge in [0, 0.05) is 13.0 Å². The lowest BCUT2D eigenvalue weighted by molar-refractivity contribution is -0.137. The lowest BCUT2D eigenvalue weighted by Gasteiger charge is -1.79. The molecule has 3 nitrogen and oxygen atoms in total. The highest BCUT2D eigenvalue weighted by atomic mass is 16.4. The van der Waals surface area contributed by atoms with E-state index >= 15 is 0 Å². The number of aliphatic hydroxyl groups is 1. The molecule has 9 heavy (non-hydrogen) atoms. The average Bonchev–Trinajstić information content (AvgIpc) is 1.67. The van der Waals surface area contributed by atoms with Crippen molar-refractivity contribution in [3.63, 3.8) is 0 Å². The van der Waals surface area contributed by atoms with Crippen LogP contribution in [0.15, 0.2) is 0 Å². The van der Waals surface area contributed by atoms with Crippen LogP contribution in [0.3, 0.4) is 0 Å². The Bertz CT molecular complexity index is 61.3. The summed E-state index contributed by atoms with van der Waals surface area (Å²) >= 11 is 0. The lowest BCUT2D eigenvalue weighted by atomic mass is 10.4. The zero-order valence-corrected chi connectivity index (χ0v) is 5.92. The van der Waals surface area contributed by atoms with E-state index in [0.717, 1.165) is 6.42 Å². The summed E-state index contributed by atoms with van der Waals surface area (Å²) in [4.78, 5) is 9.60. The van der Waals surface area contributed by atoms with E-state index in [1.165, 1.54) is 0 Å². The van der Waals surface area contributed by atoms with Crippen LogP contribution in [0.2, 0.25) is 0 Å². The monoisotopic (exact) mass is 134 g/mol. The van der Waals surface area contributed by atoms with E-state index in [0.29, 0.717) is 6.42 Å². The van der Waals surface area contributed by atoms with E-state index < -0.39 is 5.97 Å². The van der Waals surface area contributed by atoms with Gasteiger partial charge in [-0.25, -0.2) is 0 Å². The molecule has 0 saturated carbocycles. The second-order valence-corrected chi connectivity index (χ2v) is 1.46. The topological polar surface area (TPSA) is 57.5 Å². The van der Waals surface area contributed by atoms with Crippen molar-refractivity contribution in [1.29, 1.82) is 0 Å². The standard InChI is InChI=1S/C4H8O2.C2H6O/c1-2-3-4(5)6;1-2-3/h2-3H2,1H3,(H,5,6);3H,2H2,1H3. The number of carboxylic acids is 1. The Labute approximate surface area is 55.3 Å². The molecule has 0 aromatic heterocycles. The van der Waals surface area contributed by atoms with E-state index in [1.807, 2.05) is 6.92 Å². The van der Waals surface area contributed by atoms with E-state index in [2.05, 4.69) is 0 Å². The van der Waals surface area contributed by atoms with E-state index in [1.54, 1.807) is 6.92 Å². The molecular weight excluding hydrogens is 120 g/mol. The molecule has 0 fully saturated rings. The molecule has 0 aliphatic heterocycles. The highest BCUT2D eigenvalue weighted by Gasteiger charge is 1.87. The molecule has 0 spiro atoms. The summed E-state index contributed by atoms with van der Waals surface area (Å²) in [5.74, 6) is -0.711. The first-order valence-electron chi connectivity index (χ1n) is 3.01. The minimum absolute atomic E-state index is 0.250. The van der Waals surface area contributed by atoms with Gasteiger partial charge in [0.05, 0.1) is 0 Å². The van der Waals surface area contributed by atoms with Gasteiger partial charge in [0.2, 0.25) is 0 Å². The molecular formula is C6H14O3. The van der Waals surface area contributed by atoms with Crippen molar-refractivity contribution in [2.45, 2.75) is 26.7 Å². The molecule has 0 unspecified atom stereocenters. The molecule has 0 atom stereocenters. The fraction of sp³-hybridized carbons (Fsp3) is 0.833. The smallest absolute Gasteiger partial charge is 0.303 e. The third-order valence-corrected chi connectivity index (χ3v) is 0.464. The predicted molar refractivity (Wildman–Crippen MR) is 35.3 cm³/mol. The summed E-state index contributed by atoms with van der Waals surface area (Å²) < 4.78 is 0. The van der Waals surface area contributed by atoms with E-state index in [-0.39, 0.29) is 6.61 Å². The molecule has 2 N–H and O–H groups in total. The fourth-order valence-electron chi connectivity index (χ4n) is 0.214. The zero-order valence-electron chi connectivity index (χ0n) is 5.92. The molecule has 0 amide bonds. The number of aliphatic hydroxyl groups excluding tert-OH is 1. The van der Waals surface area contributed by atoms with Gasteiger partial charge in [-0.15, -0.1) is 0 Å². The van der Waals surface area contributed by atoms with E-state index in [9.17, 15) is 4.79 Å². The third-order valence-electron chi connectivity index (χ3n) is 0.464. The number of hydrogen-bond acceptors (Lipinski definition) is 2. The van der Waals surface area contributed by atoms with Crippen LogP contribution < -0.4 is 0 Å². The summed E-state index contributed by atoms with van der Waals surface area (Å²) in [5, 5.41) is 15.5. The molecule has 0 aliphatic rings. The van der Waals surface area contributed by atoms with Crippen LogP contribution in [0, 0.1) is 0 Å². The Balaban J connectivity index is 0. The molecule has 0 radical (unpaired) electrons. The molecule has 3 heteroatoms. The normalized spacial score (nSPS) is 7.44. The average molecular weight is 134 g/mol. The molecule has 0 aromatic carbocycles. The quantitative estimate of drug-likeness (QED) is 0.589. The van der Waals surface area contributed by atoms with Crippen molar-refractivity contribution < 1.29 is 15.0 Å². The van der Waals surface area contributed by atoms with E-state index in [4.69, 9.17) is 10.2 Å². The van der Waals surface area contributed by atoms with Gasteiger partial charge in [0.25, 0.3) is 0 Å². The van der Waals surface area contributed by atoms with Crippen LogP contribution in [-0.4, -0.2) is 22.8 Å². The van der Waals surface area contributed by atoms with Crippen LogP contribution in [0.5, 0.6) is 0 Å². The van der Waals surface area contributed by atoms with Crippen molar-refractivity contribution in [3.05, 3.63) is 0 Å². The minimum atomic E-state index is -0.711. The van der Waals surface area contributed by atoms with Gasteiger partial charge in [0.15, 0.2) is 0 Å². The summed E-state index contributed by atoms with van der Waals surface area (Å²) in [5.41, 5.74) is 0. The molecule has 0 rings (SSSR count). The number of aliphatic carboxylic acids is 1. The van der Waals surface area contributed by atoms with Crippen molar-refractivity contribution in [2.75, 3.05) is 6.61 Å². The molecule has 0 bridgehead atoms. The number of carboxylic acid groups (broad SMARTS) is 1. The minimum Gasteiger partial charge on any atom is -0.481 e. The van der Waals surface area contributed by atoms with Gasteiger partial charge < -0.3 is 10.2 Å². The van der Waals surface area contributed by atoms with Crippen molar-refractivity contribution in [1.82, 2.24) is 0 Å². The number of carbonyl (C=O) groups is 1. The second-order valence-electron chi connectivity index (χ2n) is 1.46. The van der Waals surface area contributed by atoms with Crippen LogP contribution in [0.4, 0.5) is 0 Å². The maximum atomic E-state index is 9.60. The number of hydrogen-bond donors (Lipinski definition) is 2. The third kappa shape index (κ3) is 37.1. The highest BCUT2D eigenvalue weighted by molar-refractivity contribution is 5.66. The maximum Gasteiger partial charge on any atom is 0.303 e. The van der Waals surface area contributed by atoms with Gasteiger partial charge in [-0.1, -0.05) is 6.92 Å². The summed E-state index contributed by atoms with van der Waals surface area (Å²) in [7, 11) is 0. The first-order chi connectivity index (χ1) is 4.18. The summed E-state index contributed by atoms with van der Waals surface area (Å²) in [6.45, 7) is 3.77. The molecule has 0 aliphatic carbocycles. The summed E-state index contributed by atoms with van der Waals surface area (Å²) in [6.07, 6.45) is 1.02. The molecule has 56 valence electrons. The lowest BCUT2D eigenvalue weighted by Crippen LogP contribution is -1.90. The van der Waals surface area contributed by atoms with Gasteiger partial charge in [-0.3, -0.25) is 4.79 Å². The molecule has 0 aromatic rings. The van der Waals surface area contributed by atoms with Gasteiger partial charge in [-0.05, 0) is 13.3 Å². The highest BCUT2D eigenvalue weighted by Crippen LogP contribution is 1.82. The largest absolute Gasteiger partial charge is 0.481 e. The number of rotatable bonds is 2. The zero-order chi connectivity index (χ0) is 7.70. The predicted octanol–water partition coefficient (Wildman–Crippen LogP) is 0.870. The van der Waals surface area contributed by atoms with Gasteiger partial charge in [0.1, 0.15) is 0 Å². The maximum absolute atomic E-state index is 9.60. The Hall–Kier alpha value is -0.570. The van der Waals surface area contributed by atoms with Crippen LogP contribution in [0.25, 0.3) is 0 Å². The molecule has 0 heterocycles. The second kappa shape index (κ2) is 10.4.